The number of nitrogens with one attached hydrogen (secondary N) is 1. The molecule has 0 aliphatic rings. The Labute approximate surface area is 108 Å². The summed E-state index contributed by atoms with van der Waals surface area (Å²) in [5, 5.41) is 8.43. The van der Waals surface area contributed by atoms with E-state index in [1.54, 1.807) is 0 Å². The molecule has 0 saturated carbocycles. The lowest BCUT2D eigenvalue weighted by atomic mass is 10.1. The summed E-state index contributed by atoms with van der Waals surface area (Å²) < 4.78 is 37.8. The zero-order valence-electron chi connectivity index (χ0n) is 9.01. The van der Waals surface area contributed by atoms with Crippen molar-refractivity contribution in [2.45, 2.75) is 6.18 Å². The Morgan fingerprint density at radius 2 is 1.79 bits per heavy atom. The van der Waals surface area contributed by atoms with Crippen molar-refractivity contribution < 1.29 is 18.3 Å². The Kier molecular flexibility index (Phi) is 3.01. The molecule has 4 nitrogen and oxygen atoms in total. The van der Waals surface area contributed by atoms with Crippen LogP contribution in [0.2, 0.25) is 5.02 Å². The number of alkyl halides is 3. The zero-order valence-corrected chi connectivity index (χ0v) is 9.76. The monoisotopic (exact) mass is 291 g/mol. The molecular formula is C11H5ClF3NO3. The van der Waals surface area contributed by atoms with E-state index in [1.165, 1.54) is 0 Å². The minimum atomic E-state index is -4.67. The van der Waals surface area contributed by atoms with Crippen LogP contribution in [0.5, 0.6) is 5.75 Å². The van der Waals surface area contributed by atoms with Gasteiger partial charge in [-0.3, -0.25) is 9.59 Å². The summed E-state index contributed by atoms with van der Waals surface area (Å²) in [4.78, 5) is 24.9. The Morgan fingerprint density at radius 1 is 1.16 bits per heavy atom. The van der Waals surface area contributed by atoms with Gasteiger partial charge in [0.1, 0.15) is 0 Å². The van der Waals surface area contributed by atoms with Crippen molar-refractivity contribution in [3.8, 4) is 5.75 Å². The first-order valence-electron chi connectivity index (χ1n) is 4.87. The summed E-state index contributed by atoms with van der Waals surface area (Å²) in [6, 6.07) is 1.77. The minimum absolute atomic E-state index is 0.299. The molecule has 0 radical (unpaired) electrons. The van der Waals surface area contributed by atoms with Crippen LogP contribution < -0.4 is 11.0 Å². The van der Waals surface area contributed by atoms with Gasteiger partial charge in [-0.05, 0) is 12.1 Å². The highest BCUT2D eigenvalue weighted by Crippen LogP contribution is 2.33. The highest BCUT2D eigenvalue weighted by atomic mass is 35.5. The molecule has 0 fully saturated rings. The van der Waals surface area contributed by atoms with Gasteiger partial charge in [-0.2, -0.15) is 13.2 Å². The number of halogens is 4. The predicted octanol–water partition coefficient (Wildman–Crippen LogP) is 2.27. The second kappa shape index (κ2) is 4.27. The van der Waals surface area contributed by atoms with Gasteiger partial charge in [0.25, 0.3) is 5.56 Å². The quantitative estimate of drug-likeness (QED) is 0.782. The van der Waals surface area contributed by atoms with Crippen molar-refractivity contribution in [3.05, 3.63) is 49.4 Å². The number of hydrogen-bond acceptors (Lipinski definition) is 3. The largest absolute Gasteiger partial charge is 0.503 e. The molecular weight excluding hydrogens is 287 g/mol. The molecule has 0 spiro atoms. The number of H-pyrrole nitrogens is 1. The van der Waals surface area contributed by atoms with E-state index in [4.69, 9.17) is 11.6 Å². The summed E-state index contributed by atoms with van der Waals surface area (Å²) in [5.74, 6) is -0.897. The van der Waals surface area contributed by atoms with Gasteiger partial charge < -0.3 is 10.1 Å². The molecule has 1 aromatic carbocycles. The predicted molar refractivity (Wildman–Crippen MR) is 62.5 cm³/mol. The molecule has 100 valence electrons. The summed E-state index contributed by atoms with van der Waals surface area (Å²) in [7, 11) is 0. The van der Waals surface area contributed by atoms with Crippen molar-refractivity contribution in [2.75, 3.05) is 0 Å². The second-order valence-corrected chi connectivity index (χ2v) is 4.13. The standard InChI is InChI=1S/C11H5ClF3NO3/c12-5-1-4(11(13,14)15)2-6-9(5)7(17)3-8(18)10(19)16-6/h1-3,18H,(H,16,19). The van der Waals surface area contributed by atoms with Crippen LogP contribution in [0.4, 0.5) is 13.2 Å². The van der Waals surface area contributed by atoms with Crippen LogP contribution in [0.15, 0.2) is 27.8 Å². The number of fused-ring (bicyclic) bond motifs is 1. The van der Waals surface area contributed by atoms with Gasteiger partial charge in [0.2, 0.25) is 0 Å². The lowest BCUT2D eigenvalue weighted by molar-refractivity contribution is -0.137. The van der Waals surface area contributed by atoms with Crippen molar-refractivity contribution in [1.29, 1.82) is 0 Å². The fourth-order valence-electron chi connectivity index (χ4n) is 1.57. The minimum Gasteiger partial charge on any atom is -0.503 e. The van der Waals surface area contributed by atoms with Crippen LogP contribution in [-0.2, 0) is 6.18 Å². The number of benzene rings is 1. The number of aromatic amines is 1. The van der Waals surface area contributed by atoms with E-state index in [0.717, 1.165) is 0 Å². The van der Waals surface area contributed by atoms with E-state index in [9.17, 15) is 27.9 Å². The zero-order chi connectivity index (χ0) is 14.4. The van der Waals surface area contributed by atoms with Gasteiger partial charge in [0.15, 0.2) is 11.2 Å². The summed E-state index contributed by atoms with van der Waals surface area (Å²) >= 11 is 5.63. The van der Waals surface area contributed by atoms with Gasteiger partial charge in [0, 0.05) is 6.07 Å². The Bertz CT molecular complexity index is 783. The molecule has 0 bridgehead atoms. The van der Waals surface area contributed by atoms with Crippen LogP contribution >= 0.6 is 11.6 Å². The topological polar surface area (TPSA) is 70.2 Å². The summed E-state index contributed by atoms with van der Waals surface area (Å²) in [5.41, 5.74) is -3.44. The van der Waals surface area contributed by atoms with Crippen LogP contribution in [0, 0.1) is 0 Å². The lowest BCUT2D eigenvalue weighted by Crippen LogP contribution is -2.07. The molecule has 1 heterocycles. The molecule has 0 unspecified atom stereocenters. The molecule has 0 amide bonds. The second-order valence-electron chi connectivity index (χ2n) is 3.73. The molecule has 0 atom stereocenters. The highest BCUT2D eigenvalue weighted by Gasteiger charge is 2.31. The van der Waals surface area contributed by atoms with Crippen LogP contribution in [0.1, 0.15) is 5.56 Å². The third-order valence-corrected chi connectivity index (χ3v) is 2.71. The first-order valence-corrected chi connectivity index (χ1v) is 5.25. The van der Waals surface area contributed by atoms with Gasteiger partial charge in [-0.1, -0.05) is 11.6 Å². The Morgan fingerprint density at radius 3 is 2.37 bits per heavy atom. The fourth-order valence-corrected chi connectivity index (χ4v) is 1.88. The molecule has 8 heteroatoms. The van der Waals surface area contributed by atoms with Gasteiger partial charge >= 0.3 is 6.18 Å². The van der Waals surface area contributed by atoms with E-state index < -0.39 is 39.0 Å². The molecule has 2 N–H and O–H groups in total. The average Bonchev–Trinajstić information content (AvgIpc) is 2.35. The van der Waals surface area contributed by atoms with Gasteiger partial charge in [-0.15, -0.1) is 0 Å². The number of rotatable bonds is 0. The molecule has 0 aliphatic carbocycles. The third-order valence-electron chi connectivity index (χ3n) is 2.41. The lowest BCUT2D eigenvalue weighted by Gasteiger charge is -2.07. The molecule has 19 heavy (non-hydrogen) atoms. The maximum Gasteiger partial charge on any atom is 0.416 e. The van der Waals surface area contributed by atoms with Gasteiger partial charge in [0.05, 0.1) is 21.5 Å². The third kappa shape index (κ3) is 2.41. The van der Waals surface area contributed by atoms with Crippen LogP contribution in [0.3, 0.4) is 0 Å². The van der Waals surface area contributed by atoms with Crippen molar-refractivity contribution in [2.24, 2.45) is 0 Å². The smallest absolute Gasteiger partial charge is 0.416 e. The molecule has 2 rings (SSSR count). The van der Waals surface area contributed by atoms with E-state index in [0.29, 0.717) is 18.2 Å². The molecule has 0 saturated heterocycles. The highest BCUT2D eigenvalue weighted by molar-refractivity contribution is 6.35. The summed E-state index contributed by atoms with van der Waals surface area (Å²) in [6.07, 6.45) is -4.67. The Balaban J connectivity index is 3.03. The molecule has 1 aromatic heterocycles. The van der Waals surface area contributed by atoms with E-state index >= 15 is 0 Å². The maximum absolute atomic E-state index is 12.6. The average molecular weight is 292 g/mol. The van der Waals surface area contributed by atoms with E-state index in [2.05, 4.69) is 0 Å². The SMILES string of the molecule is O=c1[nH]c2cc(C(F)(F)F)cc(Cl)c2c(=O)cc1O. The van der Waals surface area contributed by atoms with Crippen LogP contribution in [0.25, 0.3) is 10.9 Å². The van der Waals surface area contributed by atoms with E-state index in [1.807, 2.05) is 4.98 Å². The summed E-state index contributed by atoms with van der Waals surface area (Å²) in [6.45, 7) is 0. The van der Waals surface area contributed by atoms with Crippen molar-refractivity contribution in [1.82, 2.24) is 4.98 Å². The van der Waals surface area contributed by atoms with Gasteiger partial charge in [-0.25, -0.2) is 0 Å². The normalized spacial score (nSPS) is 11.8. The van der Waals surface area contributed by atoms with Crippen molar-refractivity contribution >= 4 is 22.5 Å². The number of aromatic nitrogens is 1. The number of hydrogen-bond donors (Lipinski definition) is 2. The first kappa shape index (κ1) is 13.4. The molecule has 0 aliphatic heterocycles. The van der Waals surface area contributed by atoms with Crippen molar-refractivity contribution in [3.63, 3.8) is 0 Å². The number of aromatic hydroxyl groups is 1. The first-order chi connectivity index (χ1) is 8.70. The maximum atomic E-state index is 12.6. The fraction of sp³-hybridized carbons (Fsp3) is 0.0909. The molecule has 2 aromatic rings. The van der Waals surface area contributed by atoms with E-state index in [-0.39, 0.29) is 5.39 Å². The Hall–Kier alpha value is -2.02. The van der Waals surface area contributed by atoms with Crippen LogP contribution in [-0.4, -0.2) is 10.1 Å².